The normalized spacial score (nSPS) is 19.2. The summed E-state index contributed by atoms with van der Waals surface area (Å²) in [6, 6.07) is 12.6. The Morgan fingerprint density at radius 2 is 1.54 bits per heavy atom. The number of halogens is 1. The highest BCUT2D eigenvalue weighted by Gasteiger charge is 2.45. The molecule has 0 aliphatic heterocycles. The molecular weight excluding hydrogens is 377 g/mol. The fourth-order valence-corrected chi connectivity index (χ4v) is 6.17. The minimum absolute atomic E-state index is 0.128. The number of anilines is 1. The molecule has 28 heavy (non-hydrogen) atoms. The lowest BCUT2D eigenvalue weighted by molar-refractivity contribution is -0.124. The summed E-state index contributed by atoms with van der Waals surface area (Å²) in [7, 11) is -3.30. The van der Waals surface area contributed by atoms with Crippen LogP contribution < -0.4 is 5.32 Å². The summed E-state index contributed by atoms with van der Waals surface area (Å²) < 4.78 is 38.6. The highest BCUT2D eigenvalue weighted by molar-refractivity contribution is 7.92. The Morgan fingerprint density at radius 1 is 0.929 bits per heavy atom. The molecule has 1 amide bonds. The van der Waals surface area contributed by atoms with E-state index in [1.54, 1.807) is 36.4 Å². The van der Waals surface area contributed by atoms with Gasteiger partial charge in [-0.3, -0.25) is 4.79 Å². The molecular formula is C22H24FNO3S. The van der Waals surface area contributed by atoms with Crippen molar-refractivity contribution < 1.29 is 17.6 Å². The Balaban J connectivity index is 1.51. The van der Waals surface area contributed by atoms with Crippen LogP contribution in [0.15, 0.2) is 53.4 Å². The standard InChI is InChI=1S/C22H24FNO3S/c23-17-8-6-16(7-9-17)22(14-3-15-22)21(25)24-18-10-12-20(13-11-18)28(26,27)19-4-1-2-5-19/h6-13,19H,1-5,14-15H2,(H,24,25). The average molecular weight is 402 g/mol. The van der Waals surface area contributed by atoms with E-state index in [0.717, 1.165) is 50.5 Å². The summed E-state index contributed by atoms with van der Waals surface area (Å²) in [5, 5.41) is 2.63. The van der Waals surface area contributed by atoms with Crippen LogP contribution in [0, 0.1) is 5.82 Å². The molecule has 0 radical (unpaired) electrons. The maximum atomic E-state index is 13.2. The molecule has 0 bridgehead atoms. The van der Waals surface area contributed by atoms with Crippen LogP contribution in [0.5, 0.6) is 0 Å². The quantitative estimate of drug-likeness (QED) is 0.796. The van der Waals surface area contributed by atoms with Gasteiger partial charge in [0, 0.05) is 5.69 Å². The number of rotatable bonds is 5. The van der Waals surface area contributed by atoms with Crippen molar-refractivity contribution in [1.29, 1.82) is 0 Å². The second kappa shape index (κ2) is 7.32. The molecule has 1 N–H and O–H groups in total. The second-order valence-electron chi connectivity index (χ2n) is 7.87. The van der Waals surface area contributed by atoms with E-state index in [1.165, 1.54) is 12.1 Å². The molecule has 4 nitrogen and oxygen atoms in total. The maximum absolute atomic E-state index is 13.2. The molecule has 2 aliphatic carbocycles. The second-order valence-corrected chi connectivity index (χ2v) is 10.1. The van der Waals surface area contributed by atoms with Gasteiger partial charge in [-0.2, -0.15) is 0 Å². The van der Waals surface area contributed by atoms with Gasteiger partial charge in [-0.05, 0) is 67.6 Å². The first-order valence-electron chi connectivity index (χ1n) is 9.83. The summed E-state index contributed by atoms with van der Waals surface area (Å²) in [5.74, 6) is -0.450. The zero-order valence-electron chi connectivity index (χ0n) is 15.7. The fraction of sp³-hybridized carbons (Fsp3) is 0.409. The van der Waals surface area contributed by atoms with Crippen molar-refractivity contribution in [3.8, 4) is 0 Å². The van der Waals surface area contributed by atoms with Crippen LogP contribution in [0.25, 0.3) is 0 Å². The SMILES string of the molecule is O=C(Nc1ccc(S(=O)(=O)C2CCCC2)cc1)C1(c2ccc(F)cc2)CCC1. The molecule has 0 spiro atoms. The van der Waals surface area contributed by atoms with Gasteiger partial charge in [0.15, 0.2) is 9.84 Å². The molecule has 4 rings (SSSR count). The van der Waals surface area contributed by atoms with Gasteiger partial charge < -0.3 is 5.32 Å². The summed E-state index contributed by atoms with van der Waals surface area (Å²) in [6.07, 6.45) is 5.76. The van der Waals surface area contributed by atoms with Crippen LogP contribution >= 0.6 is 0 Å². The van der Waals surface area contributed by atoms with E-state index in [9.17, 15) is 17.6 Å². The van der Waals surface area contributed by atoms with Gasteiger partial charge in [0.1, 0.15) is 5.82 Å². The van der Waals surface area contributed by atoms with Crippen LogP contribution in [0.3, 0.4) is 0 Å². The first kappa shape index (κ1) is 19.1. The van der Waals surface area contributed by atoms with Gasteiger partial charge in [0.05, 0.1) is 15.6 Å². The Bertz CT molecular complexity index is 958. The van der Waals surface area contributed by atoms with Crippen molar-refractivity contribution >= 4 is 21.4 Å². The Hall–Kier alpha value is -2.21. The highest BCUT2D eigenvalue weighted by Crippen LogP contribution is 2.44. The molecule has 0 heterocycles. The molecule has 148 valence electrons. The fourth-order valence-electron chi connectivity index (χ4n) is 4.32. The summed E-state index contributed by atoms with van der Waals surface area (Å²) >= 11 is 0. The Kier molecular flexibility index (Phi) is 5.00. The summed E-state index contributed by atoms with van der Waals surface area (Å²) in [6.45, 7) is 0. The predicted molar refractivity (Wildman–Crippen MR) is 106 cm³/mol. The van der Waals surface area contributed by atoms with E-state index in [-0.39, 0.29) is 17.0 Å². The van der Waals surface area contributed by atoms with Gasteiger partial charge in [0.25, 0.3) is 0 Å². The van der Waals surface area contributed by atoms with Crippen molar-refractivity contribution in [2.45, 2.75) is 60.5 Å². The Labute approximate surface area is 165 Å². The van der Waals surface area contributed by atoms with E-state index in [1.807, 2.05) is 0 Å². The number of hydrogen-bond donors (Lipinski definition) is 1. The number of hydrogen-bond acceptors (Lipinski definition) is 3. The molecule has 2 aliphatic rings. The van der Waals surface area contributed by atoms with Crippen molar-refractivity contribution in [2.75, 3.05) is 5.32 Å². The Morgan fingerprint density at radius 3 is 2.07 bits per heavy atom. The monoisotopic (exact) mass is 401 g/mol. The third-order valence-corrected chi connectivity index (χ3v) is 8.50. The van der Waals surface area contributed by atoms with E-state index in [2.05, 4.69) is 5.32 Å². The predicted octanol–water partition coefficient (Wildman–Crippen LogP) is 4.60. The number of carbonyl (C=O) groups is 1. The summed E-state index contributed by atoms with van der Waals surface area (Å²) in [4.78, 5) is 13.3. The van der Waals surface area contributed by atoms with Crippen LogP contribution in [-0.2, 0) is 20.0 Å². The number of nitrogens with one attached hydrogen (secondary N) is 1. The lowest BCUT2D eigenvalue weighted by Crippen LogP contribution is -2.46. The first-order valence-corrected chi connectivity index (χ1v) is 11.4. The van der Waals surface area contributed by atoms with Crippen LogP contribution in [0.4, 0.5) is 10.1 Å². The van der Waals surface area contributed by atoms with E-state index in [4.69, 9.17) is 0 Å². The number of amides is 1. The number of sulfone groups is 1. The minimum Gasteiger partial charge on any atom is -0.325 e. The topological polar surface area (TPSA) is 63.2 Å². The molecule has 6 heteroatoms. The van der Waals surface area contributed by atoms with Crippen LogP contribution in [0.2, 0.25) is 0 Å². The molecule has 0 atom stereocenters. The van der Waals surface area contributed by atoms with Gasteiger partial charge >= 0.3 is 0 Å². The van der Waals surface area contributed by atoms with Gasteiger partial charge in [-0.25, -0.2) is 12.8 Å². The first-order chi connectivity index (χ1) is 13.4. The number of carbonyl (C=O) groups excluding carboxylic acids is 1. The van der Waals surface area contributed by atoms with Gasteiger partial charge in [-0.1, -0.05) is 31.4 Å². The van der Waals surface area contributed by atoms with E-state index in [0.29, 0.717) is 10.6 Å². The van der Waals surface area contributed by atoms with E-state index < -0.39 is 15.3 Å². The van der Waals surface area contributed by atoms with Crippen molar-refractivity contribution in [3.05, 3.63) is 59.9 Å². The van der Waals surface area contributed by atoms with Crippen LogP contribution in [-0.4, -0.2) is 19.6 Å². The lowest BCUT2D eigenvalue weighted by Gasteiger charge is -2.40. The molecule has 0 unspecified atom stereocenters. The zero-order chi connectivity index (χ0) is 19.8. The van der Waals surface area contributed by atoms with Gasteiger partial charge in [0.2, 0.25) is 5.91 Å². The van der Waals surface area contributed by atoms with Crippen molar-refractivity contribution in [2.24, 2.45) is 0 Å². The van der Waals surface area contributed by atoms with Crippen LogP contribution in [0.1, 0.15) is 50.5 Å². The van der Waals surface area contributed by atoms with E-state index >= 15 is 0 Å². The zero-order valence-corrected chi connectivity index (χ0v) is 16.5. The molecule has 2 fully saturated rings. The molecule has 2 aromatic carbocycles. The lowest BCUT2D eigenvalue weighted by atomic mass is 9.64. The molecule has 0 aromatic heterocycles. The summed E-state index contributed by atoms with van der Waals surface area (Å²) in [5.41, 5.74) is 0.754. The highest BCUT2D eigenvalue weighted by atomic mass is 32.2. The van der Waals surface area contributed by atoms with Crippen molar-refractivity contribution in [3.63, 3.8) is 0 Å². The molecule has 2 aromatic rings. The van der Waals surface area contributed by atoms with Crippen molar-refractivity contribution in [1.82, 2.24) is 0 Å². The average Bonchev–Trinajstić information content (AvgIpc) is 3.18. The smallest absolute Gasteiger partial charge is 0.235 e. The van der Waals surface area contributed by atoms with Gasteiger partial charge in [-0.15, -0.1) is 0 Å². The number of benzene rings is 2. The minimum atomic E-state index is -3.30. The third-order valence-electron chi connectivity index (χ3n) is 6.22. The largest absolute Gasteiger partial charge is 0.325 e. The third kappa shape index (κ3) is 3.34. The molecule has 2 saturated carbocycles. The maximum Gasteiger partial charge on any atom is 0.235 e. The molecule has 0 saturated heterocycles.